The highest BCUT2D eigenvalue weighted by molar-refractivity contribution is 5.85. The lowest BCUT2D eigenvalue weighted by atomic mass is 9.83. The Labute approximate surface area is 121 Å². The maximum Gasteiger partial charge on any atom is 0.239 e. The lowest BCUT2D eigenvalue weighted by Crippen LogP contribution is -2.49. The van der Waals surface area contributed by atoms with Crippen LogP contribution < -0.4 is 10.6 Å². The van der Waals surface area contributed by atoms with Gasteiger partial charge in [-0.15, -0.1) is 12.4 Å². The highest BCUT2D eigenvalue weighted by atomic mass is 35.5. The minimum Gasteiger partial charge on any atom is -0.376 e. The number of carbonyl (C=O) groups is 1. The molecular formula is C15H23ClN2O. The molecule has 0 aliphatic heterocycles. The van der Waals surface area contributed by atoms with Crippen molar-refractivity contribution in [3.8, 4) is 0 Å². The van der Waals surface area contributed by atoms with Crippen molar-refractivity contribution in [1.82, 2.24) is 5.32 Å². The Morgan fingerprint density at radius 1 is 1.16 bits per heavy atom. The predicted molar refractivity (Wildman–Crippen MR) is 81.8 cm³/mol. The smallest absolute Gasteiger partial charge is 0.239 e. The van der Waals surface area contributed by atoms with Gasteiger partial charge in [0.05, 0.1) is 6.54 Å². The molecule has 1 aromatic carbocycles. The summed E-state index contributed by atoms with van der Waals surface area (Å²) in [5.74, 6) is 0.0863. The van der Waals surface area contributed by atoms with E-state index < -0.39 is 0 Å². The van der Waals surface area contributed by atoms with Crippen molar-refractivity contribution >= 4 is 24.0 Å². The van der Waals surface area contributed by atoms with E-state index in [4.69, 9.17) is 0 Å². The fourth-order valence-corrected chi connectivity index (χ4v) is 2.58. The van der Waals surface area contributed by atoms with Crippen LogP contribution in [0.15, 0.2) is 30.3 Å². The van der Waals surface area contributed by atoms with Crippen LogP contribution in [0, 0.1) is 0 Å². The van der Waals surface area contributed by atoms with Crippen molar-refractivity contribution in [2.75, 3.05) is 11.9 Å². The van der Waals surface area contributed by atoms with E-state index in [1.165, 1.54) is 19.3 Å². The summed E-state index contributed by atoms with van der Waals surface area (Å²) in [6.07, 6.45) is 5.95. The van der Waals surface area contributed by atoms with Gasteiger partial charge in [-0.1, -0.05) is 37.5 Å². The van der Waals surface area contributed by atoms with Crippen molar-refractivity contribution in [2.24, 2.45) is 0 Å². The third-order valence-corrected chi connectivity index (χ3v) is 3.63. The summed E-state index contributed by atoms with van der Waals surface area (Å²) in [4.78, 5) is 11.9. The summed E-state index contributed by atoms with van der Waals surface area (Å²) in [6.45, 7) is 2.51. The standard InChI is InChI=1S/C15H22N2O.ClH/c1-15(10-6-3-7-11-15)17-14(18)12-16-13-8-4-2-5-9-13;/h2,4-5,8-9,16H,3,6-7,10-12H2,1H3,(H,17,18);1H. The first-order chi connectivity index (χ1) is 8.68. The zero-order chi connectivity index (χ0) is 12.8. The van der Waals surface area contributed by atoms with Crippen LogP contribution >= 0.6 is 12.4 Å². The molecule has 106 valence electrons. The van der Waals surface area contributed by atoms with Crippen LogP contribution in [0.3, 0.4) is 0 Å². The number of anilines is 1. The Bertz CT molecular complexity index is 388. The van der Waals surface area contributed by atoms with Gasteiger partial charge >= 0.3 is 0 Å². The fraction of sp³-hybridized carbons (Fsp3) is 0.533. The summed E-state index contributed by atoms with van der Waals surface area (Å²) >= 11 is 0. The fourth-order valence-electron chi connectivity index (χ4n) is 2.58. The number of amides is 1. The number of rotatable bonds is 4. The van der Waals surface area contributed by atoms with Crippen LogP contribution in [0.1, 0.15) is 39.0 Å². The number of carbonyl (C=O) groups excluding carboxylic acids is 1. The van der Waals surface area contributed by atoms with Crippen LogP contribution in [0.2, 0.25) is 0 Å². The van der Waals surface area contributed by atoms with Gasteiger partial charge < -0.3 is 10.6 Å². The number of para-hydroxylation sites is 1. The van der Waals surface area contributed by atoms with Crippen molar-refractivity contribution in [2.45, 2.75) is 44.6 Å². The van der Waals surface area contributed by atoms with Crippen LogP contribution in [-0.4, -0.2) is 18.0 Å². The third kappa shape index (κ3) is 5.11. The second-order valence-corrected chi connectivity index (χ2v) is 5.39. The number of nitrogens with one attached hydrogen (secondary N) is 2. The van der Waals surface area contributed by atoms with Crippen molar-refractivity contribution in [3.63, 3.8) is 0 Å². The highest BCUT2D eigenvalue weighted by Gasteiger charge is 2.27. The molecule has 19 heavy (non-hydrogen) atoms. The van der Waals surface area contributed by atoms with E-state index in [1.807, 2.05) is 30.3 Å². The first-order valence-electron chi connectivity index (χ1n) is 6.78. The van der Waals surface area contributed by atoms with E-state index in [2.05, 4.69) is 17.6 Å². The van der Waals surface area contributed by atoms with Gasteiger partial charge in [-0.3, -0.25) is 4.79 Å². The average molecular weight is 283 g/mol. The summed E-state index contributed by atoms with van der Waals surface area (Å²) in [6, 6.07) is 9.82. The predicted octanol–water partition coefficient (Wildman–Crippen LogP) is 3.36. The molecule has 1 saturated carbocycles. The number of hydrogen-bond donors (Lipinski definition) is 2. The molecule has 2 N–H and O–H groups in total. The summed E-state index contributed by atoms with van der Waals surface area (Å²) in [5.41, 5.74) is 0.995. The normalized spacial score (nSPS) is 17.1. The maximum atomic E-state index is 11.9. The van der Waals surface area contributed by atoms with E-state index >= 15 is 0 Å². The van der Waals surface area contributed by atoms with E-state index in [-0.39, 0.29) is 23.9 Å². The maximum absolute atomic E-state index is 11.9. The minimum atomic E-state index is 0. The zero-order valence-corrected chi connectivity index (χ0v) is 12.3. The molecule has 0 unspecified atom stereocenters. The lowest BCUT2D eigenvalue weighted by Gasteiger charge is -2.34. The van der Waals surface area contributed by atoms with Gasteiger partial charge in [0.2, 0.25) is 5.91 Å². The summed E-state index contributed by atoms with van der Waals surface area (Å²) < 4.78 is 0. The number of hydrogen-bond acceptors (Lipinski definition) is 2. The molecule has 0 atom stereocenters. The molecule has 0 heterocycles. The molecule has 3 nitrogen and oxygen atoms in total. The molecule has 1 aliphatic carbocycles. The van der Waals surface area contributed by atoms with E-state index in [1.54, 1.807) is 0 Å². The molecular weight excluding hydrogens is 260 g/mol. The molecule has 0 spiro atoms. The Morgan fingerprint density at radius 2 is 1.79 bits per heavy atom. The Kier molecular flexibility index (Phi) is 6.16. The molecule has 0 radical (unpaired) electrons. The first kappa shape index (κ1) is 15.8. The highest BCUT2D eigenvalue weighted by Crippen LogP contribution is 2.27. The van der Waals surface area contributed by atoms with Crippen molar-refractivity contribution < 1.29 is 4.79 Å². The lowest BCUT2D eigenvalue weighted by molar-refractivity contribution is -0.121. The van der Waals surface area contributed by atoms with Gasteiger partial charge in [-0.2, -0.15) is 0 Å². The number of benzene rings is 1. The zero-order valence-electron chi connectivity index (χ0n) is 11.4. The molecule has 2 rings (SSSR count). The number of halogens is 1. The Hall–Kier alpha value is -1.22. The molecule has 0 saturated heterocycles. The van der Waals surface area contributed by atoms with E-state index in [9.17, 15) is 4.79 Å². The van der Waals surface area contributed by atoms with Gasteiger partial charge in [0.15, 0.2) is 0 Å². The molecule has 1 fully saturated rings. The molecule has 1 amide bonds. The van der Waals surface area contributed by atoms with Crippen LogP contribution in [0.4, 0.5) is 5.69 Å². The van der Waals surface area contributed by atoms with Gasteiger partial charge in [0.1, 0.15) is 0 Å². The quantitative estimate of drug-likeness (QED) is 0.889. The molecule has 1 aliphatic rings. The van der Waals surface area contributed by atoms with Crippen molar-refractivity contribution in [1.29, 1.82) is 0 Å². The summed E-state index contributed by atoms with van der Waals surface area (Å²) in [5, 5.41) is 6.30. The van der Waals surface area contributed by atoms with E-state index in [0.717, 1.165) is 18.5 Å². The largest absolute Gasteiger partial charge is 0.376 e. The van der Waals surface area contributed by atoms with Crippen molar-refractivity contribution in [3.05, 3.63) is 30.3 Å². The second-order valence-electron chi connectivity index (χ2n) is 5.39. The van der Waals surface area contributed by atoms with Crippen LogP contribution in [0.5, 0.6) is 0 Å². The third-order valence-electron chi connectivity index (χ3n) is 3.63. The van der Waals surface area contributed by atoms with Crippen LogP contribution in [0.25, 0.3) is 0 Å². The molecule has 0 aromatic heterocycles. The van der Waals surface area contributed by atoms with Gasteiger partial charge in [0.25, 0.3) is 0 Å². The Balaban J connectivity index is 0.00000180. The minimum absolute atomic E-state index is 0. The Morgan fingerprint density at radius 3 is 2.42 bits per heavy atom. The monoisotopic (exact) mass is 282 g/mol. The van der Waals surface area contributed by atoms with E-state index in [0.29, 0.717) is 6.54 Å². The molecule has 4 heteroatoms. The molecule has 1 aromatic rings. The van der Waals surface area contributed by atoms with Gasteiger partial charge in [-0.25, -0.2) is 0 Å². The topological polar surface area (TPSA) is 41.1 Å². The molecule has 0 bridgehead atoms. The van der Waals surface area contributed by atoms with Gasteiger partial charge in [0, 0.05) is 11.2 Å². The van der Waals surface area contributed by atoms with Gasteiger partial charge in [-0.05, 0) is 31.9 Å². The SMILES string of the molecule is CC1(NC(=O)CNc2ccccc2)CCCCC1.Cl. The van der Waals surface area contributed by atoms with Crippen LogP contribution in [-0.2, 0) is 4.79 Å². The summed E-state index contributed by atoms with van der Waals surface area (Å²) in [7, 11) is 0. The average Bonchev–Trinajstić information content (AvgIpc) is 2.38. The second kappa shape index (κ2) is 7.39. The first-order valence-corrected chi connectivity index (χ1v) is 6.78.